The quantitative estimate of drug-likeness (QED) is 0.204. The summed E-state index contributed by atoms with van der Waals surface area (Å²) in [6.07, 6.45) is 4.23. The standard InChI is InChI=1S/C48H65N9O6S/c1-10-55-39-16-15-30-21-33(39)34(43(55)32-13-11-18-49-41(32)29(4)62-9)23-48(5,6)27-63-46(60)35-14-12-19-57(52-35)45(59)36(22-40-50-37(30)26-64-40)51-44(58)42(28(2)3)54(8)47(61)56-25-31-24-53(7)20-17-38(31)56/h11,13,15-16,18,21,26,28-29,31,35-36,38,42,52H,10,12,14,17,19-20,22-25,27H2,1-9H3,(H,51,58)/t29-,31+,35-,36-,38+,42?/m0/s1. The third-order valence-electron chi connectivity index (χ3n) is 13.7. The highest BCUT2D eigenvalue weighted by molar-refractivity contribution is 7.10. The molecule has 4 aliphatic heterocycles. The monoisotopic (exact) mass is 895 g/mol. The van der Waals surface area contributed by atoms with Gasteiger partial charge in [-0.25, -0.2) is 15.2 Å². The topological polar surface area (TPSA) is 154 Å². The number of nitrogens with zero attached hydrogens (tertiary/aromatic N) is 7. The van der Waals surface area contributed by atoms with Gasteiger partial charge in [-0.1, -0.05) is 33.8 Å². The third kappa shape index (κ3) is 8.90. The summed E-state index contributed by atoms with van der Waals surface area (Å²) in [5, 5.41) is 8.27. The molecule has 6 bridgehead atoms. The average Bonchev–Trinajstić information content (AvgIpc) is 3.86. The number of pyridine rings is 1. The second-order valence-corrected chi connectivity index (χ2v) is 20.3. The molecule has 64 heavy (non-hydrogen) atoms. The number of likely N-dealkylation sites (N-methyl/N-ethyl adjacent to an activating group) is 1. The Kier molecular flexibility index (Phi) is 13.2. The van der Waals surface area contributed by atoms with Gasteiger partial charge < -0.3 is 34.1 Å². The van der Waals surface area contributed by atoms with Gasteiger partial charge in [0, 0.05) is 97.7 Å². The summed E-state index contributed by atoms with van der Waals surface area (Å²) in [4.78, 5) is 72.6. The number of amides is 4. The molecule has 8 rings (SSSR count). The zero-order chi connectivity index (χ0) is 45.6. The van der Waals surface area contributed by atoms with Crippen molar-refractivity contribution in [1.29, 1.82) is 0 Å². The number of thiazole rings is 1. The molecular formula is C48H65N9O6S. The van der Waals surface area contributed by atoms with Crippen LogP contribution in [-0.2, 0) is 43.2 Å². The van der Waals surface area contributed by atoms with Gasteiger partial charge in [-0.15, -0.1) is 11.3 Å². The zero-order valence-corrected chi connectivity index (χ0v) is 39.7. The number of likely N-dealkylation sites (tertiary alicyclic amines) is 2. The Balaban J connectivity index is 1.16. The molecule has 3 fully saturated rings. The van der Waals surface area contributed by atoms with Crippen molar-refractivity contribution >= 4 is 46.1 Å². The first-order valence-electron chi connectivity index (χ1n) is 22.9. The van der Waals surface area contributed by atoms with Crippen LogP contribution in [0.3, 0.4) is 0 Å². The van der Waals surface area contributed by atoms with E-state index >= 15 is 0 Å². The number of nitrogens with one attached hydrogen (secondary N) is 2. The first kappa shape index (κ1) is 45.7. The summed E-state index contributed by atoms with van der Waals surface area (Å²) < 4.78 is 14.3. The van der Waals surface area contributed by atoms with E-state index in [0.29, 0.717) is 49.8 Å². The Hall–Kier alpha value is -4.90. The predicted octanol–water partition coefficient (Wildman–Crippen LogP) is 5.91. The van der Waals surface area contributed by atoms with Crippen molar-refractivity contribution in [3.8, 4) is 22.5 Å². The smallest absolute Gasteiger partial charge is 0.324 e. The van der Waals surface area contributed by atoms with E-state index < -0.39 is 35.4 Å². The highest BCUT2D eigenvalue weighted by atomic mass is 32.1. The lowest BCUT2D eigenvalue weighted by Crippen LogP contribution is -2.68. The molecule has 344 valence electrons. The van der Waals surface area contributed by atoms with Gasteiger partial charge in [0.2, 0.25) is 5.91 Å². The molecule has 16 heteroatoms. The van der Waals surface area contributed by atoms with Crippen LogP contribution >= 0.6 is 11.3 Å². The molecule has 0 radical (unpaired) electrons. The van der Waals surface area contributed by atoms with Crippen molar-refractivity contribution < 1.29 is 28.7 Å². The third-order valence-corrected chi connectivity index (χ3v) is 14.6. The molecule has 2 N–H and O–H groups in total. The Morgan fingerprint density at radius 3 is 2.66 bits per heavy atom. The number of carbonyl (C=O) groups is 4. The predicted molar refractivity (Wildman–Crippen MR) is 247 cm³/mol. The van der Waals surface area contributed by atoms with Crippen LogP contribution in [0.15, 0.2) is 41.9 Å². The molecule has 7 heterocycles. The van der Waals surface area contributed by atoms with Crippen LogP contribution in [0.2, 0.25) is 0 Å². The lowest BCUT2D eigenvalue weighted by Gasteiger charge is -2.54. The van der Waals surface area contributed by atoms with E-state index in [1.54, 1.807) is 25.3 Å². The van der Waals surface area contributed by atoms with Crippen molar-refractivity contribution in [3.63, 3.8) is 0 Å². The number of hydrogen-bond acceptors (Lipinski definition) is 11. The van der Waals surface area contributed by atoms with E-state index in [0.717, 1.165) is 64.2 Å². The van der Waals surface area contributed by atoms with Crippen LogP contribution in [0.1, 0.15) is 83.2 Å². The fraction of sp³-hybridized carbons (Fsp3) is 0.583. The molecule has 0 saturated carbocycles. The largest absolute Gasteiger partial charge is 0.464 e. The number of hydrazine groups is 1. The molecule has 4 aromatic rings. The summed E-state index contributed by atoms with van der Waals surface area (Å²) in [7, 11) is 5.49. The number of piperidine rings is 1. The van der Waals surface area contributed by atoms with Gasteiger partial charge in [0.1, 0.15) is 18.1 Å². The minimum atomic E-state index is -1.03. The maximum atomic E-state index is 14.6. The first-order valence-corrected chi connectivity index (χ1v) is 23.8. The Bertz CT molecular complexity index is 2390. The summed E-state index contributed by atoms with van der Waals surface area (Å²) >= 11 is 1.44. The van der Waals surface area contributed by atoms with E-state index in [4.69, 9.17) is 19.4 Å². The number of aromatic nitrogens is 3. The van der Waals surface area contributed by atoms with Crippen LogP contribution < -0.4 is 10.7 Å². The van der Waals surface area contributed by atoms with Gasteiger partial charge in [-0.05, 0) is 88.9 Å². The Morgan fingerprint density at radius 2 is 1.92 bits per heavy atom. The number of rotatable bonds is 8. The van der Waals surface area contributed by atoms with Crippen molar-refractivity contribution in [1.82, 2.24) is 45.0 Å². The number of hydrogen-bond donors (Lipinski definition) is 2. The highest BCUT2D eigenvalue weighted by Crippen LogP contribution is 2.42. The van der Waals surface area contributed by atoms with Gasteiger partial charge in [-0.2, -0.15) is 0 Å². The fourth-order valence-corrected chi connectivity index (χ4v) is 11.2. The summed E-state index contributed by atoms with van der Waals surface area (Å²) in [6, 6.07) is 7.87. The number of urea groups is 1. The normalized spacial score (nSPS) is 23.8. The molecule has 1 aromatic carbocycles. The summed E-state index contributed by atoms with van der Waals surface area (Å²) in [6.45, 7) is 16.0. The minimum absolute atomic E-state index is 0.119. The Morgan fingerprint density at radius 1 is 1.12 bits per heavy atom. The second-order valence-electron chi connectivity index (χ2n) is 19.4. The lowest BCUT2D eigenvalue weighted by molar-refractivity contribution is -0.155. The van der Waals surface area contributed by atoms with Gasteiger partial charge >= 0.3 is 12.0 Å². The summed E-state index contributed by atoms with van der Waals surface area (Å²) in [5.74, 6) is -1.03. The number of esters is 1. The molecule has 15 nitrogen and oxygen atoms in total. The number of cyclic esters (lactones) is 1. The molecule has 4 aliphatic rings. The second kappa shape index (κ2) is 18.5. The zero-order valence-electron chi connectivity index (χ0n) is 38.8. The number of benzene rings is 1. The molecule has 0 spiro atoms. The van der Waals surface area contributed by atoms with E-state index in [9.17, 15) is 19.2 Å². The average molecular weight is 896 g/mol. The van der Waals surface area contributed by atoms with Crippen LogP contribution in [0.25, 0.3) is 33.4 Å². The van der Waals surface area contributed by atoms with E-state index in [-0.39, 0.29) is 43.0 Å². The number of aryl methyl sites for hydroxylation is 1. The number of ether oxygens (including phenoxy) is 2. The lowest BCUT2D eigenvalue weighted by atomic mass is 9.83. The van der Waals surface area contributed by atoms with Gasteiger partial charge in [0.25, 0.3) is 5.91 Å². The van der Waals surface area contributed by atoms with Crippen molar-refractivity contribution in [3.05, 3.63) is 58.2 Å². The minimum Gasteiger partial charge on any atom is -0.464 e. The van der Waals surface area contributed by atoms with Crippen molar-refractivity contribution in [2.45, 2.75) is 110 Å². The number of carbonyl (C=O) groups excluding carboxylic acids is 4. The van der Waals surface area contributed by atoms with Crippen LogP contribution in [0.5, 0.6) is 0 Å². The fourth-order valence-electron chi connectivity index (χ4n) is 10.3. The van der Waals surface area contributed by atoms with E-state index in [1.807, 2.05) is 37.1 Å². The molecule has 3 aromatic heterocycles. The SMILES string of the molecule is CCn1c(-c2cccnc2[C@H](C)OC)c2c3cc(ccc31)-c1csc(n1)C[C@H](NC(=O)C(C(C)C)N(C)C(=O)N1C[C@H]3CN(C)CC[C@H]31)C(=O)N1CCC[C@H](N1)C(=O)OCC(C)(C)C2. The maximum Gasteiger partial charge on any atom is 0.324 e. The first-order chi connectivity index (χ1) is 30.6. The number of methoxy groups -OCH3 is 1. The van der Waals surface area contributed by atoms with Gasteiger partial charge in [0.15, 0.2) is 0 Å². The molecule has 1 unspecified atom stereocenters. The van der Waals surface area contributed by atoms with Crippen LogP contribution in [-0.4, -0.2) is 136 Å². The number of fused-ring (bicyclic) bond motifs is 7. The van der Waals surface area contributed by atoms with Crippen LogP contribution in [0, 0.1) is 17.3 Å². The Labute approximate surface area is 380 Å². The van der Waals surface area contributed by atoms with Crippen molar-refractivity contribution in [2.75, 3.05) is 54.0 Å². The van der Waals surface area contributed by atoms with Crippen molar-refractivity contribution in [2.24, 2.45) is 17.3 Å². The van der Waals surface area contributed by atoms with Crippen LogP contribution in [0.4, 0.5) is 4.79 Å². The molecule has 4 amide bonds. The van der Waals surface area contributed by atoms with E-state index in [1.165, 1.54) is 16.3 Å². The van der Waals surface area contributed by atoms with Gasteiger partial charge in [0.05, 0.1) is 34.8 Å². The molecule has 3 saturated heterocycles. The molecular weight excluding hydrogens is 831 g/mol. The summed E-state index contributed by atoms with van der Waals surface area (Å²) in [5.41, 5.74) is 9.44. The molecule has 6 atom stereocenters. The van der Waals surface area contributed by atoms with E-state index in [2.05, 4.69) is 72.3 Å². The molecule has 0 aliphatic carbocycles. The van der Waals surface area contributed by atoms with Gasteiger partial charge in [-0.3, -0.25) is 24.4 Å². The maximum absolute atomic E-state index is 14.6. The highest BCUT2D eigenvalue weighted by Gasteiger charge is 2.47.